The van der Waals surface area contributed by atoms with Crippen molar-refractivity contribution in [3.05, 3.63) is 106 Å². The fourth-order valence-corrected chi connectivity index (χ4v) is 10.9. The molecule has 1 N–H and O–H groups in total. The number of likely N-dealkylation sites (N-methyl/N-ethyl adjacent to an activating group) is 1. The van der Waals surface area contributed by atoms with Gasteiger partial charge < -0.3 is 19.3 Å². The molecule has 0 radical (unpaired) electrons. The summed E-state index contributed by atoms with van der Waals surface area (Å²) < 4.78 is 14.5. The van der Waals surface area contributed by atoms with E-state index in [4.69, 9.17) is 31.9 Å². The lowest BCUT2D eigenvalue weighted by Gasteiger charge is -2.38. The summed E-state index contributed by atoms with van der Waals surface area (Å²) >= 11 is 5.11. The Hall–Kier alpha value is -4.28. The van der Waals surface area contributed by atoms with Crippen molar-refractivity contribution in [3.63, 3.8) is 0 Å². The maximum atomic E-state index is 14.1. The van der Waals surface area contributed by atoms with Crippen molar-refractivity contribution in [3.8, 4) is 12.1 Å². The molecule has 3 aliphatic rings. The minimum absolute atomic E-state index is 0.235. The van der Waals surface area contributed by atoms with Crippen molar-refractivity contribution in [1.29, 1.82) is 10.5 Å². The van der Waals surface area contributed by atoms with Crippen LogP contribution in [-0.2, 0) is 24.7 Å². The smallest absolute Gasteiger partial charge is 0.259 e. The molecule has 0 aromatic heterocycles. The highest BCUT2D eigenvalue weighted by atomic mass is 32.1. The molecule has 11 heteroatoms. The number of thiol groups is 1. The van der Waals surface area contributed by atoms with Crippen LogP contribution in [0.15, 0.2) is 99.6 Å². The number of fused-ring (bicyclic) bond motifs is 4. The fraction of sp³-hybridized carbons (Fsp3) is 0.458. The number of hydrogen-bond donors (Lipinski definition) is 2. The van der Waals surface area contributed by atoms with Crippen molar-refractivity contribution in [1.82, 2.24) is 9.99 Å². The van der Waals surface area contributed by atoms with Crippen molar-refractivity contribution >= 4 is 54.9 Å². The largest absolute Gasteiger partial charge is 0.355 e. The van der Waals surface area contributed by atoms with E-state index in [1.54, 1.807) is 0 Å². The third kappa shape index (κ3) is 8.81. The predicted octanol–water partition coefficient (Wildman–Crippen LogP) is 11.0. The van der Waals surface area contributed by atoms with Gasteiger partial charge in [-0.2, -0.15) is 10.5 Å². The van der Waals surface area contributed by atoms with E-state index in [-0.39, 0.29) is 28.8 Å². The normalized spacial score (nSPS) is 20.2. The average molecular weight is 831 g/mol. The van der Waals surface area contributed by atoms with Crippen LogP contribution in [0.4, 0.5) is 11.4 Å². The Balaban J connectivity index is 1.21. The van der Waals surface area contributed by atoms with Gasteiger partial charge in [-0.1, -0.05) is 76.2 Å². The molecule has 9 nitrogen and oxygen atoms in total. The van der Waals surface area contributed by atoms with Gasteiger partial charge in [-0.3, -0.25) is 9.79 Å². The van der Waals surface area contributed by atoms with Gasteiger partial charge in [-0.05, 0) is 104 Å². The molecule has 0 saturated carbocycles. The molecule has 1 aliphatic carbocycles. The number of allylic oxidation sites excluding steroid dienone is 5. The monoisotopic (exact) mass is 830 g/mol. The highest BCUT2D eigenvalue weighted by molar-refractivity contribution is 7.85. The summed E-state index contributed by atoms with van der Waals surface area (Å²) in [7, 11) is 0.803. The quantitative estimate of drug-likeness (QED) is 0.0791. The number of carbonyl (C=O) groups is 1. The number of nitriles is 2. The third-order valence-electron chi connectivity index (χ3n) is 11.9. The van der Waals surface area contributed by atoms with E-state index in [1.165, 1.54) is 16.3 Å². The highest BCUT2D eigenvalue weighted by Gasteiger charge is 2.46. The number of para-hydroxylation sites is 1. The van der Waals surface area contributed by atoms with E-state index in [0.29, 0.717) is 26.2 Å². The molecule has 1 amide bonds. The molecule has 0 bridgehead atoms. The number of nitrogens with one attached hydrogen (secondary N) is 1. The number of amides is 1. The minimum Gasteiger partial charge on any atom is -0.355 e. The number of benzene rings is 3. The Bertz CT molecular complexity index is 2270. The molecular weight excluding hydrogens is 772 g/mol. The zero-order valence-electron chi connectivity index (χ0n) is 36.0. The first-order valence-electron chi connectivity index (χ1n) is 20.9. The van der Waals surface area contributed by atoms with Gasteiger partial charge >= 0.3 is 0 Å². The molecule has 0 fully saturated rings. The number of nitrogens with zero attached hydrogens (tertiary/aromatic N) is 5. The predicted molar refractivity (Wildman–Crippen MR) is 245 cm³/mol. The van der Waals surface area contributed by atoms with Crippen LogP contribution in [0.3, 0.4) is 0 Å². The molecule has 59 heavy (non-hydrogen) atoms. The molecule has 310 valence electrons. The van der Waals surface area contributed by atoms with Crippen LogP contribution in [0.5, 0.6) is 0 Å². The number of anilines is 1. The molecule has 3 unspecified atom stereocenters. The standard InChI is InChI=1S/C48H59N6O3PS/c1-31(2)54(32(3)4)58(57-27-17-24-49)56-26-16-10-15-25-51-46(55)37(30-50)43-35(28-41-47(5,6)38-20-13-14-21-39(38)52-41)45(59)36(43)29-42-48(7,8)44-34-19-12-11-18-33(34)22-23-40(44)53(42)9/h11-14,18-23,28-29,31-32,37,43,59H,10,15-17,25-27H2,1-9H3,(H,51,55). The van der Waals surface area contributed by atoms with Gasteiger partial charge in [0.05, 0.1) is 43.2 Å². The number of rotatable bonds is 17. The molecule has 2 heterocycles. The molecular formula is C48H59N6O3PS. The second-order valence-corrected chi connectivity index (χ2v) is 19.2. The Morgan fingerprint density at radius 2 is 1.64 bits per heavy atom. The number of unbranched alkanes of at least 4 members (excludes halogenated alkanes) is 2. The van der Waals surface area contributed by atoms with E-state index in [0.717, 1.165) is 63.7 Å². The number of carbonyl (C=O) groups excluding carboxylic acids is 1. The first-order valence-corrected chi connectivity index (χ1v) is 22.4. The van der Waals surface area contributed by atoms with Crippen molar-refractivity contribution < 1.29 is 13.8 Å². The number of aliphatic imine (C=N–C) groups is 1. The van der Waals surface area contributed by atoms with E-state index in [9.17, 15) is 10.1 Å². The molecule has 2 aliphatic heterocycles. The maximum absolute atomic E-state index is 14.1. The topological polar surface area (TPSA) is 114 Å². The van der Waals surface area contributed by atoms with Crippen LogP contribution in [0.2, 0.25) is 0 Å². The second kappa shape index (κ2) is 18.5. The van der Waals surface area contributed by atoms with Gasteiger partial charge in [0.2, 0.25) is 5.91 Å². The third-order valence-corrected chi connectivity index (χ3v) is 14.5. The SMILES string of the molecule is CC(C)N(C(C)C)P(OCCC#N)OCCCCCNC(=O)C(C#N)C1C(=CC2=Nc3ccccc3C2(C)C)C(S)=C1C=C1N(C)c2ccc3ccccc3c2C1(C)C. The van der Waals surface area contributed by atoms with Crippen LogP contribution in [0, 0.1) is 34.5 Å². The van der Waals surface area contributed by atoms with Gasteiger partial charge in [0.25, 0.3) is 8.53 Å². The summed E-state index contributed by atoms with van der Waals surface area (Å²) in [5.41, 5.74) is 7.49. The lowest BCUT2D eigenvalue weighted by Crippen LogP contribution is -2.40. The van der Waals surface area contributed by atoms with Crippen LogP contribution in [0.1, 0.15) is 92.2 Å². The average Bonchev–Trinajstić information content (AvgIpc) is 3.57. The van der Waals surface area contributed by atoms with Crippen LogP contribution in [-0.4, -0.2) is 55.2 Å². The summed E-state index contributed by atoms with van der Waals surface area (Å²) in [5, 5.41) is 25.3. The second-order valence-electron chi connectivity index (χ2n) is 17.3. The molecule has 3 atom stereocenters. The van der Waals surface area contributed by atoms with Crippen molar-refractivity contribution in [2.45, 2.75) is 104 Å². The van der Waals surface area contributed by atoms with Gasteiger partial charge in [0.1, 0.15) is 5.92 Å². The highest BCUT2D eigenvalue weighted by Crippen LogP contribution is 2.54. The molecule has 3 aromatic rings. The Morgan fingerprint density at radius 1 is 0.949 bits per heavy atom. The number of hydrogen-bond acceptors (Lipinski definition) is 9. The van der Waals surface area contributed by atoms with E-state index < -0.39 is 20.4 Å². The molecule has 0 spiro atoms. The van der Waals surface area contributed by atoms with Gasteiger partial charge in [-0.25, -0.2) is 4.67 Å². The van der Waals surface area contributed by atoms with Crippen molar-refractivity contribution in [2.75, 3.05) is 31.7 Å². The summed E-state index contributed by atoms with van der Waals surface area (Å²) in [6, 6.07) is 26.0. The van der Waals surface area contributed by atoms with Gasteiger partial charge in [0.15, 0.2) is 0 Å². The summed E-state index contributed by atoms with van der Waals surface area (Å²) in [4.78, 5) is 22.1. The lowest BCUT2D eigenvalue weighted by atomic mass is 9.68. The van der Waals surface area contributed by atoms with E-state index in [2.05, 4.69) is 144 Å². The Morgan fingerprint density at radius 3 is 2.34 bits per heavy atom. The fourth-order valence-electron chi connectivity index (χ4n) is 8.86. The van der Waals surface area contributed by atoms with Crippen LogP contribution in [0.25, 0.3) is 10.8 Å². The molecule has 3 aromatic carbocycles. The first kappa shape index (κ1) is 44.3. The van der Waals surface area contributed by atoms with E-state index in [1.807, 2.05) is 18.2 Å². The zero-order valence-corrected chi connectivity index (χ0v) is 37.8. The summed E-state index contributed by atoms with van der Waals surface area (Å²) in [6.07, 6.45) is 6.93. The van der Waals surface area contributed by atoms with E-state index >= 15 is 0 Å². The summed E-state index contributed by atoms with van der Waals surface area (Å²) in [6.45, 7) is 18.6. The van der Waals surface area contributed by atoms with Crippen LogP contribution < -0.4 is 10.2 Å². The minimum atomic E-state index is -1.29. The lowest BCUT2D eigenvalue weighted by molar-refractivity contribution is -0.124. The maximum Gasteiger partial charge on any atom is 0.259 e. The van der Waals surface area contributed by atoms with Crippen molar-refractivity contribution in [2.24, 2.45) is 16.8 Å². The zero-order chi connectivity index (χ0) is 42.6. The van der Waals surface area contributed by atoms with Crippen LogP contribution >= 0.6 is 21.2 Å². The first-order chi connectivity index (χ1) is 28.1. The Labute approximate surface area is 358 Å². The molecule has 0 saturated heterocycles. The molecule has 6 rings (SSSR count). The van der Waals surface area contributed by atoms with Gasteiger partial charge in [-0.15, -0.1) is 12.6 Å². The Kier molecular flexibility index (Phi) is 13.9. The summed E-state index contributed by atoms with van der Waals surface area (Å²) in [5.74, 6) is -1.75. The van der Waals surface area contributed by atoms with Gasteiger partial charge in [0, 0.05) is 58.7 Å².